The summed E-state index contributed by atoms with van der Waals surface area (Å²) in [6, 6.07) is 18.0. The third-order valence-electron chi connectivity index (χ3n) is 7.84. The molecule has 1 atom stereocenters. The molecule has 0 bridgehead atoms. The van der Waals surface area contributed by atoms with Crippen molar-refractivity contribution in [3.05, 3.63) is 66.0 Å². The molecule has 1 unspecified atom stereocenters. The SMILES string of the molecule is CN(C)c1ccc2c(-c3ccccc3S(=O)(=O)N3CCCC3C(=O)NCCNC(=O)CI)c3ccc(=[N+](C)C)cc-3oc2c1. The maximum Gasteiger partial charge on any atom is 0.244 e. The lowest BCUT2D eigenvalue weighted by molar-refractivity contribution is -0.124. The molecule has 12 heteroatoms. The van der Waals surface area contributed by atoms with Gasteiger partial charge in [0.25, 0.3) is 0 Å². The van der Waals surface area contributed by atoms with Crippen LogP contribution in [-0.2, 0) is 19.6 Å². The first-order valence-corrected chi connectivity index (χ1v) is 17.4. The van der Waals surface area contributed by atoms with Crippen molar-refractivity contribution in [3.63, 3.8) is 0 Å². The number of nitrogens with zero attached hydrogens (tertiary/aromatic N) is 3. The number of carbonyl (C=O) groups excluding carboxylic acids is 2. The molecule has 2 N–H and O–H groups in total. The van der Waals surface area contributed by atoms with E-state index in [4.69, 9.17) is 4.42 Å². The first kappa shape index (κ1) is 31.9. The number of hydrogen-bond acceptors (Lipinski definition) is 6. The highest BCUT2D eigenvalue weighted by atomic mass is 127. The van der Waals surface area contributed by atoms with Crippen LogP contribution < -0.4 is 25.5 Å². The van der Waals surface area contributed by atoms with Crippen molar-refractivity contribution in [2.75, 3.05) is 57.2 Å². The molecule has 10 nitrogen and oxygen atoms in total. The van der Waals surface area contributed by atoms with Gasteiger partial charge in [0.2, 0.25) is 27.2 Å². The standard InChI is InChI=1S/C32H36IN5O5S/c1-36(2)21-11-13-23-27(18-21)43-28-19-22(37(3)4)12-14-24(28)31(23)25-8-5-6-10-29(25)44(41,42)38-17-7-9-26(38)32(40)35-16-15-34-30(39)20-33/h5-6,8,10-14,18-19,26H,7,9,15-17,20H2,1-4H3,(H-,34,35,39,40)/p+1. The molecule has 44 heavy (non-hydrogen) atoms. The third kappa shape index (κ3) is 6.33. The van der Waals surface area contributed by atoms with E-state index in [0.29, 0.717) is 34.2 Å². The highest BCUT2D eigenvalue weighted by molar-refractivity contribution is 14.1. The first-order chi connectivity index (χ1) is 21.0. The highest BCUT2D eigenvalue weighted by Gasteiger charge is 2.40. The van der Waals surface area contributed by atoms with Gasteiger partial charge < -0.3 is 20.0 Å². The molecule has 232 valence electrons. The normalized spacial score (nSPS) is 15.4. The minimum atomic E-state index is -4.09. The van der Waals surface area contributed by atoms with E-state index in [1.807, 2.05) is 109 Å². The Bertz CT molecular complexity index is 1870. The van der Waals surface area contributed by atoms with Crippen LogP contribution in [0.15, 0.2) is 70.0 Å². The third-order valence-corrected chi connectivity index (χ3v) is 10.5. The van der Waals surface area contributed by atoms with E-state index in [1.54, 1.807) is 12.1 Å². The van der Waals surface area contributed by atoms with Gasteiger partial charge in [0, 0.05) is 73.6 Å². The Morgan fingerprint density at radius 3 is 2.50 bits per heavy atom. The lowest BCUT2D eigenvalue weighted by atomic mass is 9.93. The van der Waals surface area contributed by atoms with E-state index in [0.717, 1.165) is 27.6 Å². The topological polar surface area (TPSA) is 115 Å². The van der Waals surface area contributed by atoms with Crippen LogP contribution in [0.4, 0.5) is 5.69 Å². The van der Waals surface area contributed by atoms with Gasteiger partial charge in [-0.1, -0.05) is 40.8 Å². The summed E-state index contributed by atoms with van der Waals surface area (Å²) in [4.78, 5) is 26.8. The minimum absolute atomic E-state index is 0.119. The molecule has 0 spiro atoms. The summed E-state index contributed by atoms with van der Waals surface area (Å²) >= 11 is 1.97. The molecule has 0 aromatic heterocycles. The van der Waals surface area contributed by atoms with Crippen LogP contribution in [0.5, 0.6) is 0 Å². The predicted octanol–water partition coefficient (Wildman–Crippen LogP) is 3.12. The number of anilines is 1. The average Bonchev–Trinajstić information content (AvgIpc) is 3.52. The van der Waals surface area contributed by atoms with Crippen molar-refractivity contribution in [3.8, 4) is 22.5 Å². The number of alkyl halides is 1. The number of fused-ring (bicyclic) bond motifs is 2. The van der Waals surface area contributed by atoms with Gasteiger partial charge >= 0.3 is 0 Å². The molecular formula is C32H37IN5O5S+. The Morgan fingerprint density at radius 2 is 1.77 bits per heavy atom. The second kappa shape index (κ2) is 13.2. The Labute approximate surface area is 271 Å². The number of nitrogens with one attached hydrogen (secondary N) is 2. The van der Waals surface area contributed by atoms with E-state index in [2.05, 4.69) is 10.6 Å². The van der Waals surface area contributed by atoms with Gasteiger partial charge in [-0.05, 0) is 37.1 Å². The number of benzene rings is 3. The zero-order valence-electron chi connectivity index (χ0n) is 25.3. The van der Waals surface area contributed by atoms with Gasteiger partial charge in [0.15, 0.2) is 0 Å². The van der Waals surface area contributed by atoms with Crippen molar-refractivity contribution >= 4 is 61.1 Å². The fraction of sp³-hybridized carbons (Fsp3) is 0.344. The maximum atomic E-state index is 14.4. The van der Waals surface area contributed by atoms with Crippen LogP contribution in [-0.4, -0.2) is 82.8 Å². The largest absolute Gasteiger partial charge is 0.456 e. The number of amides is 2. The van der Waals surface area contributed by atoms with Gasteiger partial charge in [0.05, 0.1) is 15.4 Å². The summed E-state index contributed by atoms with van der Waals surface area (Å²) in [7, 11) is 3.74. The van der Waals surface area contributed by atoms with Crippen molar-refractivity contribution in [1.82, 2.24) is 19.5 Å². The summed E-state index contributed by atoms with van der Waals surface area (Å²) in [5, 5.41) is 7.25. The molecule has 0 saturated carbocycles. The van der Waals surface area contributed by atoms with Crippen LogP contribution in [0.3, 0.4) is 0 Å². The molecule has 2 amide bonds. The summed E-state index contributed by atoms with van der Waals surface area (Å²) in [6.45, 7) is 0.738. The van der Waals surface area contributed by atoms with Crippen molar-refractivity contribution in [2.24, 2.45) is 0 Å². The molecular weight excluding hydrogens is 693 g/mol. The Balaban J connectivity index is 1.61. The Kier molecular flexibility index (Phi) is 9.61. The van der Waals surface area contributed by atoms with Crippen LogP contribution in [0.25, 0.3) is 33.4 Å². The molecule has 2 aromatic rings. The van der Waals surface area contributed by atoms with E-state index in [1.165, 1.54) is 4.31 Å². The van der Waals surface area contributed by atoms with Gasteiger partial charge in [-0.2, -0.15) is 4.31 Å². The zero-order valence-corrected chi connectivity index (χ0v) is 28.2. The van der Waals surface area contributed by atoms with E-state index < -0.39 is 16.1 Å². The predicted molar refractivity (Wildman–Crippen MR) is 182 cm³/mol. The molecule has 5 rings (SSSR count). The van der Waals surface area contributed by atoms with Gasteiger partial charge in [-0.15, -0.1) is 0 Å². The summed E-state index contributed by atoms with van der Waals surface area (Å²) in [6.07, 6.45) is 0.992. The first-order valence-electron chi connectivity index (χ1n) is 14.4. The molecule has 3 aliphatic rings. The number of halogens is 1. The average molecular weight is 731 g/mol. The fourth-order valence-corrected chi connectivity index (χ4v) is 7.71. The molecule has 2 aromatic carbocycles. The summed E-state index contributed by atoms with van der Waals surface area (Å²) < 4.78 is 38.9. The lowest BCUT2D eigenvalue weighted by Crippen LogP contribution is -2.47. The molecule has 0 radical (unpaired) electrons. The second-order valence-electron chi connectivity index (χ2n) is 11.2. The van der Waals surface area contributed by atoms with Crippen molar-refractivity contribution in [1.29, 1.82) is 0 Å². The van der Waals surface area contributed by atoms with E-state index in [9.17, 15) is 18.0 Å². The van der Waals surface area contributed by atoms with Crippen LogP contribution in [0, 0.1) is 0 Å². The van der Waals surface area contributed by atoms with Gasteiger partial charge in [0.1, 0.15) is 31.5 Å². The van der Waals surface area contributed by atoms with Crippen molar-refractivity contribution < 1.29 is 22.4 Å². The number of rotatable bonds is 9. The van der Waals surface area contributed by atoms with Gasteiger partial charge in [-0.3, -0.25) is 9.59 Å². The zero-order chi connectivity index (χ0) is 31.6. The quantitative estimate of drug-likeness (QED) is 0.0901. The maximum absolute atomic E-state index is 14.4. The van der Waals surface area contributed by atoms with Gasteiger partial charge in [-0.25, -0.2) is 13.0 Å². The van der Waals surface area contributed by atoms with Crippen LogP contribution in [0.1, 0.15) is 12.8 Å². The molecule has 2 heterocycles. The van der Waals surface area contributed by atoms with Crippen LogP contribution in [0.2, 0.25) is 0 Å². The molecule has 1 saturated heterocycles. The Morgan fingerprint density at radius 1 is 1.02 bits per heavy atom. The number of hydrogen-bond donors (Lipinski definition) is 2. The molecule has 1 fully saturated rings. The smallest absolute Gasteiger partial charge is 0.244 e. The van der Waals surface area contributed by atoms with Crippen molar-refractivity contribution in [2.45, 2.75) is 23.8 Å². The summed E-state index contributed by atoms with van der Waals surface area (Å²) in [5.74, 6) is 0.148. The molecule has 1 aliphatic carbocycles. The minimum Gasteiger partial charge on any atom is -0.456 e. The van der Waals surface area contributed by atoms with E-state index >= 15 is 0 Å². The molecule has 2 aliphatic heterocycles. The van der Waals surface area contributed by atoms with Crippen LogP contribution >= 0.6 is 22.6 Å². The Hall–Kier alpha value is -3.49. The van der Waals surface area contributed by atoms with E-state index in [-0.39, 0.29) is 36.3 Å². The highest BCUT2D eigenvalue weighted by Crippen LogP contribution is 2.43. The lowest BCUT2D eigenvalue weighted by Gasteiger charge is -2.25. The fourth-order valence-electron chi connectivity index (χ4n) is 5.58. The summed E-state index contributed by atoms with van der Waals surface area (Å²) in [5.41, 5.74) is 3.67. The second-order valence-corrected chi connectivity index (χ2v) is 13.8. The number of carbonyl (C=O) groups is 2. The number of sulfonamides is 1. The monoisotopic (exact) mass is 730 g/mol.